The van der Waals surface area contributed by atoms with E-state index in [1.54, 1.807) is 0 Å². The van der Waals surface area contributed by atoms with Crippen LogP contribution in [-0.2, 0) is 0 Å². The molecule has 2 N–H and O–H groups in total. The number of rotatable bonds is 2. The van der Waals surface area contributed by atoms with Crippen LogP contribution in [0.4, 0.5) is 0 Å². The highest BCUT2D eigenvalue weighted by Gasteiger charge is 1.97. The van der Waals surface area contributed by atoms with Crippen molar-refractivity contribution in [3.63, 3.8) is 0 Å². The smallest absolute Gasteiger partial charge is 0.0843 e. The summed E-state index contributed by atoms with van der Waals surface area (Å²) in [5, 5.41) is 6.07. The molecule has 0 saturated carbocycles. The van der Waals surface area contributed by atoms with Crippen LogP contribution in [0.25, 0.3) is 0 Å². The Kier molecular flexibility index (Phi) is 1.51. The summed E-state index contributed by atoms with van der Waals surface area (Å²) in [6.45, 7) is 4.88. The number of nitrogens with one attached hydrogen (secondary N) is 2. The Labute approximate surface area is 48.5 Å². The molecule has 0 aromatic rings. The van der Waals surface area contributed by atoms with Crippen molar-refractivity contribution in [1.82, 2.24) is 10.6 Å². The molecule has 0 atom stereocenters. The zero-order valence-electron chi connectivity index (χ0n) is 4.65. The van der Waals surface area contributed by atoms with Crippen LogP contribution in [0, 0.1) is 0 Å². The van der Waals surface area contributed by atoms with Crippen molar-refractivity contribution in [2.75, 3.05) is 13.2 Å². The number of hydrogen-bond donors (Lipinski definition) is 2. The number of nitrogens with zero attached hydrogens (tertiary/aromatic N) is 1. The minimum absolute atomic E-state index is 0.688. The van der Waals surface area contributed by atoms with Crippen LogP contribution < -0.4 is 10.6 Å². The van der Waals surface area contributed by atoms with Gasteiger partial charge in [0, 0.05) is 11.9 Å². The van der Waals surface area contributed by atoms with Crippen molar-refractivity contribution in [2.24, 2.45) is 4.99 Å². The third kappa shape index (κ3) is 0.992. The van der Waals surface area contributed by atoms with Crippen LogP contribution in [0.1, 0.15) is 0 Å². The highest BCUT2D eigenvalue weighted by atomic mass is 15.1. The normalized spacial score (nSPS) is 16.2. The number of hydrogen-bond acceptors (Lipinski definition) is 3. The van der Waals surface area contributed by atoms with Crippen molar-refractivity contribution in [3.8, 4) is 0 Å². The summed E-state index contributed by atoms with van der Waals surface area (Å²) >= 11 is 0. The molecular weight excluding hydrogens is 102 g/mol. The molecular formula is C5H9N3. The lowest BCUT2D eigenvalue weighted by atomic mass is 10.5. The van der Waals surface area contributed by atoms with E-state index in [0.717, 1.165) is 12.4 Å². The van der Waals surface area contributed by atoms with Crippen LogP contribution in [-0.4, -0.2) is 19.9 Å². The van der Waals surface area contributed by atoms with Crippen LogP contribution in [0.2, 0.25) is 0 Å². The maximum atomic E-state index is 3.70. The Morgan fingerprint density at radius 2 is 2.75 bits per heavy atom. The first-order chi connectivity index (χ1) is 3.93. The predicted molar refractivity (Wildman–Crippen MR) is 33.6 cm³/mol. The van der Waals surface area contributed by atoms with Crippen LogP contribution in [0.3, 0.4) is 0 Å². The van der Waals surface area contributed by atoms with Crippen LogP contribution >= 0.6 is 0 Å². The second-order valence-corrected chi connectivity index (χ2v) is 1.61. The molecule has 0 fully saturated rings. The van der Waals surface area contributed by atoms with Crippen molar-refractivity contribution >= 4 is 6.72 Å². The lowest BCUT2D eigenvalue weighted by Crippen LogP contribution is -2.15. The SMILES string of the molecule is C=NCC1=CNCN1. The van der Waals surface area contributed by atoms with Crippen molar-refractivity contribution in [1.29, 1.82) is 0 Å². The average molecular weight is 111 g/mol. The minimum Gasteiger partial charge on any atom is -0.372 e. The topological polar surface area (TPSA) is 36.4 Å². The lowest BCUT2D eigenvalue weighted by Gasteiger charge is -1.94. The molecule has 3 nitrogen and oxygen atoms in total. The third-order valence-electron chi connectivity index (χ3n) is 0.976. The largest absolute Gasteiger partial charge is 0.372 e. The second-order valence-electron chi connectivity index (χ2n) is 1.61. The Balaban J connectivity index is 2.33. The fourth-order valence-corrected chi connectivity index (χ4v) is 0.612. The van der Waals surface area contributed by atoms with Crippen LogP contribution in [0.5, 0.6) is 0 Å². The van der Waals surface area contributed by atoms with Gasteiger partial charge in [0.05, 0.1) is 13.2 Å². The van der Waals surface area contributed by atoms with Gasteiger partial charge in [-0.25, -0.2) is 0 Å². The quantitative estimate of drug-likeness (QED) is 0.479. The first-order valence-corrected chi connectivity index (χ1v) is 2.52. The molecule has 1 rings (SSSR count). The maximum Gasteiger partial charge on any atom is 0.0843 e. The Morgan fingerprint density at radius 1 is 1.88 bits per heavy atom. The molecule has 0 amide bonds. The highest BCUT2D eigenvalue weighted by Crippen LogP contribution is 1.90. The molecule has 0 aromatic carbocycles. The molecule has 0 radical (unpaired) electrons. The first kappa shape index (κ1) is 5.15. The zero-order chi connectivity index (χ0) is 5.82. The van der Waals surface area contributed by atoms with Crippen molar-refractivity contribution in [2.45, 2.75) is 0 Å². The number of aliphatic imine (C=N–C) groups is 1. The molecule has 0 aliphatic carbocycles. The van der Waals surface area contributed by atoms with Gasteiger partial charge in [0.15, 0.2) is 0 Å². The molecule has 1 heterocycles. The van der Waals surface area contributed by atoms with E-state index in [1.807, 2.05) is 6.20 Å². The van der Waals surface area contributed by atoms with Gasteiger partial charge in [-0.05, 0) is 6.72 Å². The van der Waals surface area contributed by atoms with Gasteiger partial charge < -0.3 is 10.6 Å². The van der Waals surface area contributed by atoms with E-state index in [2.05, 4.69) is 22.3 Å². The van der Waals surface area contributed by atoms with E-state index in [4.69, 9.17) is 0 Å². The highest BCUT2D eigenvalue weighted by molar-refractivity contribution is 5.25. The monoisotopic (exact) mass is 111 g/mol. The van der Waals surface area contributed by atoms with E-state index < -0.39 is 0 Å². The van der Waals surface area contributed by atoms with E-state index in [-0.39, 0.29) is 0 Å². The van der Waals surface area contributed by atoms with E-state index in [0.29, 0.717) is 6.54 Å². The fourth-order valence-electron chi connectivity index (χ4n) is 0.612. The first-order valence-electron chi connectivity index (χ1n) is 2.52. The van der Waals surface area contributed by atoms with Gasteiger partial charge in [0.2, 0.25) is 0 Å². The maximum absolute atomic E-state index is 3.70. The molecule has 44 valence electrons. The third-order valence-corrected chi connectivity index (χ3v) is 0.976. The summed E-state index contributed by atoms with van der Waals surface area (Å²) in [5.41, 5.74) is 1.11. The second kappa shape index (κ2) is 2.35. The predicted octanol–water partition coefficient (Wildman–Crippen LogP) is -0.321. The molecule has 0 bridgehead atoms. The standard InChI is InChI=1S/C5H9N3/c1-6-2-5-3-7-4-8-5/h3,7-8H,1-2,4H2. The Hall–Kier alpha value is -0.990. The summed E-state index contributed by atoms with van der Waals surface area (Å²) in [4.78, 5) is 3.70. The summed E-state index contributed by atoms with van der Waals surface area (Å²) in [6.07, 6.45) is 1.91. The summed E-state index contributed by atoms with van der Waals surface area (Å²) in [6, 6.07) is 0. The summed E-state index contributed by atoms with van der Waals surface area (Å²) in [5.74, 6) is 0. The van der Waals surface area contributed by atoms with Gasteiger partial charge in [-0.3, -0.25) is 4.99 Å². The van der Waals surface area contributed by atoms with Gasteiger partial charge in [-0.15, -0.1) is 0 Å². The molecule has 0 aromatic heterocycles. The van der Waals surface area contributed by atoms with Gasteiger partial charge in [0.25, 0.3) is 0 Å². The van der Waals surface area contributed by atoms with E-state index >= 15 is 0 Å². The molecule has 0 spiro atoms. The molecule has 8 heavy (non-hydrogen) atoms. The van der Waals surface area contributed by atoms with E-state index in [9.17, 15) is 0 Å². The lowest BCUT2D eigenvalue weighted by molar-refractivity contribution is 0.801. The van der Waals surface area contributed by atoms with Crippen molar-refractivity contribution in [3.05, 3.63) is 11.9 Å². The van der Waals surface area contributed by atoms with Crippen LogP contribution in [0.15, 0.2) is 16.9 Å². The molecule has 0 unspecified atom stereocenters. The van der Waals surface area contributed by atoms with Gasteiger partial charge in [0.1, 0.15) is 0 Å². The van der Waals surface area contributed by atoms with Gasteiger partial charge in [-0.2, -0.15) is 0 Å². The summed E-state index contributed by atoms with van der Waals surface area (Å²) in [7, 11) is 0. The Bertz CT molecular complexity index is 117. The molecule has 3 heteroatoms. The molecule has 0 saturated heterocycles. The average Bonchev–Trinajstić information content (AvgIpc) is 2.19. The zero-order valence-corrected chi connectivity index (χ0v) is 4.65. The Morgan fingerprint density at radius 3 is 3.25 bits per heavy atom. The minimum atomic E-state index is 0.688. The van der Waals surface area contributed by atoms with Gasteiger partial charge in [-0.1, -0.05) is 0 Å². The summed E-state index contributed by atoms with van der Waals surface area (Å²) < 4.78 is 0. The van der Waals surface area contributed by atoms with Gasteiger partial charge >= 0.3 is 0 Å². The fraction of sp³-hybridized carbons (Fsp3) is 0.400. The molecule has 1 aliphatic rings. The van der Waals surface area contributed by atoms with Crippen molar-refractivity contribution < 1.29 is 0 Å². The van der Waals surface area contributed by atoms with E-state index in [1.165, 1.54) is 0 Å². The molecule has 1 aliphatic heterocycles.